The number of piperazine rings is 1. The molecule has 2 aliphatic rings. The van der Waals surface area contributed by atoms with Crippen molar-refractivity contribution in [3.05, 3.63) is 63.7 Å². The first-order chi connectivity index (χ1) is 18.4. The number of nitrogens with zero attached hydrogens (tertiary/aromatic N) is 3. The molecule has 1 saturated heterocycles. The van der Waals surface area contributed by atoms with E-state index in [1.54, 1.807) is 0 Å². The van der Waals surface area contributed by atoms with Crippen molar-refractivity contribution < 1.29 is 22.8 Å². The Labute approximate surface area is 232 Å². The summed E-state index contributed by atoms with van der Waals surface area (Å²) in [6, 6.07) is 12.2. The number of thiocarbonyl (C=S) groups is 1. The van der Waals surface area contributed by atoms with Crippen LogP contribution >= 0.6 is 12.2 Å². The van der Waals surface area contributed by atoms with Gasteiger partial charge in [-0.3, -0.25) is 10.1 Å². The first-order valence-electron chi connectivity index (χ1n) is 13.3. The van der Waals surface area contributed by atoms with Gasteiger partial charge in [-0.1, -0.05) is 29.9 Å². The molecule has 1 aliphatic carbocycles. The van der Waals surface area contributed by atoms with Gasteiger partial charge in [0.25, 0.3) is 5.69 Å². The molecule has 2 aromatic carbocycles. The highest BCUT2D eigenvalue weighted by Crippen LogP contribution is 2.38. The number of nitro groups is 1. The molecule has 4 rings (SSSR count). The van der Waals surface area contributed by atoms with Gasteiger partial charge in [0.05, 0.1) is 17.6 Å². The second-order valence-corrected chi connectivity index (χ2v) is 11.1. The number of alkyl halides is 3. The predicted octanol–water partition coefficient (Wildman–Crippen LogP) is 6.59. The zero-order chi connectivity index (χ0) is 28.3. The number of rotatable bonds is 7. The Kier molecular flexibility index (Phi) is 9.00. The van der Waals surface area contributed by atoms with Crippen molar-refractivity contribution in [3.8, 4) is 0 Å². The Hall–Kier alpha value is -2.92. The van der Waals surface area contributed by atoms with Gasteiger partial charge in [-0.15, -0.1) is 0 Å². The zero-order valence-electron chi connectivity index (χ0n) is 22.4. The van der Waals surface area contributed by atoms with Crippen LogP contribution in [0.5, 0.6) is 0 Å². The highest BCUT2D eigenvalue weighted by molar-refractivity contribution is 7.80. The molecule has 11 heteroatoms. The summed E-state index contributed by atoms with van der Waals surface area (Å²) in [4.78, 5) is 15.4. The summed E-state index contributed by atoms with van der Waals surface area (Å²) in [7, 11) is 0. The fraction of sp³-hybridized carbons (Fsp3) is 0.536. The minimum atomic E-state index is -4.80. The normalized spacial score (nSPS) is 23.9. The minimum Gasteiger partial charge on any atom is -0.382 e. The highest BCUT2D eigenvalue weighted by atomic mass is 32.1. The Bertz CT molecular complexity index is 1170. The summed E-state index contributed by atoms with van der Waals surface area (Å²) in [6.07, 6.45) is -1.81. The van der Waals surface area contributed by atoms with Crippen LogP contribution in [-0.2, 0) is 10.9 Å². The van der Waals surface area contributed by atoms with Crippen LogP contribution in [0.1, 0.15) is 50.7 Å². The quantitative estimate of drug-likeness (QED) is 0.231. The largest absolute Gasteiger partial charge is 0.423 e. The van der Waals surface area contributed by atoms with Crippen molar-refractivity contribution in [2.24, 2.45) is 0 Å². The fourth-order valence-corrected chi connectivity index (χ4v) is 5.79. The molecular weight excluding hydrogens is 529 g/mol. The van der Waals surface area contributed by atoms with Gasteiger partial charge in [0.15, 0.2) is 0 Å². The van der Waals surface area contributed by atoms with Crippen LogP contribution in [0.2, 0.25) is 0 Å². The van der Waals surface area contributed by atoms with Crippen LogP contribution in [0.15, 0.2) is 42.5 Å². The molecule has 2 atom stereocenters. The topological polar surface area (TPSA) is 70.9 Å². The van der Waals surface area contributed by atoms with E-state index in [-0.39, 0.29) is 23.9 Å². The summed E-state index contributed by atoms with van der Waals surface area (Å²) in [6.45, 7) is 8.54. The van der Waals surface area contributed by atoms with Crippen LogP contribution in [-0.4, -0.2) is 58.7 Å². The van der Waals surface area contributed by atoms with Gasteiger partial charge < -0.3 is 19.9 Å². The fourth-order valence-electron chi connectivity index (χ4n) is 5.46. The predicted molar refractivity (Wildman–Crippen MR) is 150 cm³/mol. The molecule has 7 nitrogen and oxygen atoms in total. The Morgan fingerprint density at radius 1 is 1.08 bits per heavy atom. The number of benzene rings is 2. The molecular formula is C28H35F3N4O3S. The lowest BCUT2D eigenvalue weighted by atomic mass is 9.92. The average Bonchev–Trinajstić information content (AvgIpc) is 2.89. The SMILES string of the molecule is Cc1ccc(N2C[C@H](C)N(C(=S)COC3CCC(Nc4ccc([N+](=O)[O-])c(C(F)(F)F)c4)CC3)C[C@H]2C)cc1. The molecule has 0 aromatic heterocycles. The number of anilines is 2. The van der Waals surface area contributed by atoms with E-state index in [0.717, 1.165) is 55.9 Å². The molecule has 2 aromatic rings. The number of hydrogen-bond acceptors (Lipinski definition) is 6. The van der Waals surface area contributed by atoms with E-state index in [1.165, 1.54) is 17.3 Å². The van der Waals surface area contributed by atoms with E-state index in [2.05, 4.69) is 60.2 Å². The van der Waals surface area contributed by atoms with Gasteiger partial charge in [-0.05, 0) is 70.7 Å². The number of aryl methyl sites for hydroxylation is 1. The van der Waals surface area contributed by atoms with Crippen LogP contribution in [0.3, 0.4) is 0 Å². The van der Waals surface area contributed by atoms with Crippen LogP contribution in [0, 0.1) is 17.0 Å². The number of ether oxygens (including phenoxy) is 1. The molecule has 212 valence electrons. The van der Waals surface area contributed by atoms with Gasteiger partial charge >= 0.3 is 6.18 Å². The third kappa shape index (κ3) is 7.19. The third-order valence-electron chi connectivity index (χ3n) is 7.66. The first kappa shape index (κ1) is 29.1. The monoisotopic (exact) mass is 564 g/mol. The lowest BCUT2D eigenvalue weighted by Gasteiger charge is -2.46. The molecule has 0 bridgehead atoms. The lowest BCUT2D eigenvalue weighted by Crippen LogP contribution is -2.58. The summed E-state index contributed by atoms with van der Waals surface area (Å²) in [5, 5.41) is 14.1. The van der Waals surface area contributed by atoms with Crippen LogP contribution < -0.4 is 10.2 Å². The number of halogens is 3. The number of hydrogen-bond donors (Lipinski definition) is 1. The molecule has 0 spiro atoms. The Balaban J connectivity index is 1.25. The number of nitrogens with one attached hydrogen (secondary N) is 1. The molecule has 2 fully saturated rings. The molecule has 0 amide bonds. The molecule has 1 saturated carbocycles. The average molecular weight is 565 g/mol. The maximum Gasteiger partial charge on any atom is 0.423 e. The van der Waals surface area contributed by atoms with E-state index < -0.39 is 22.4 Å². The Morgan fingerprint density at radius 3 is 2.36 bits per heavy atom. The lowest BCUT2D eigenvalue weighted by molar-refractivity contribution is -0.388. The van der Waals surface area contributed by atoms with Gasteiger partial charge in [-0.25, -0.2) is 0 Å². The van der Waals surface area contributed by atoms with Crippen LogP contribution in [0.25, 0.3) is 0 Å². The van der Waals surface area contributed by atoms with E-state index in [1.807, 2.05) is 0 Å². The van der Waals surface area contributed by atoms with Crippen molar-refractivity contribution in [1.82, 2.24) is 4.90 Å². The van der Waals surface area contributed by atoms with Gasteiger partial charge in [0.2, 0.25) is 0 Å². The van der Waals surface area contributed by atoms with Gasteiger partial charge in [0.1, 0.15) is 10.6 Å². The molecule has 0 unspecified atom stereocenters. The summed E-state index contributed by atoms with van der Waals surface area (Å²) in [5.41, 5.74) is 0.498. The van der Waals surface area contributed by atoms with Crippen molar-refractivity contribution in [3.63, 3.8) is 0 Å². The standard InChI is InChI=1S/C28H35F3N4O3S/c1-18-4-9-23(10-5-18)33-15-20(3)34(16-19(33)2)27(39)17-38-24-11-6-21(7-12-24)32-22-8-13-26(35(36)37)25(14-22)28(29,30)31/h4-5,8-10,13-14,19-21,24,32H,6-7,11-12,15-17H2,1-3H3/t19-,20+,21?,24?/m1/s1. The summed E-state index contributed by atoms with van der Waals surface area (Å²) < 4.78 is 46.0. The van der Waals surface area contributed by atoms with E-state index in [0.29, 0.717) is 12.6 Å². The summed E-state index contributed by atoms with van der Waals surface area (Å²) in [5.74, 6) is 0. The summed E-state index contributed by atoms with van der Waals surface area (Å²) >= 11 is 5.76. The second-order valence-electron chi connectivity index (χ2n) is 10.6. The molecule has 1 N–H and O–H groups in total. The molecule has 1 aliphatic heterocycles. The van der Waals surface area contributed by atoms with Crippen molar-refractivity contribution in [2.45, 2.75) is 76.9 Å². The van der Waals surface area contributed by atoms with Gasteiger partial charge in [-0.2, -0.15) is 13.2 Å². The van der Waals surface area contributed by atoms with E-state index >= 15 is 0 Å². The highest BCUT2D eigenvalue weighted by Gasteiger charge is 2.38. The smallest absolute Gasteiger partial charge is 0.382 e. The molecule has 39 heavy (non-hydrogen) atoms. The van der Waals surface area contributed by atoms with Crippen molar-refractivity contribution in [1.29, 1.82) is 0 Å². The first-order valence-corrected chi connectivity index (χ1v) is 13.7. The van der Waals surface area contributed by atoms with E-state index in [4.69, 9.17) is 17.0 Å². The van der Waals surface area contributed by atoms with Crippen LogP contribution in [0.4, 0.5) is 30.2 Å². The molecule has 0 radical (unpaired) electrons. The Morgan fingerprint density at radius 2 is 1.74 bits per heavy atom. The minimum absolute atomic E-state index is 0.0323. The maximum absolute atomic E-state index is 13.3. The van der Waals surface area contributed by atoms with Crippen molar-refractivity contribution in [2.75, 3.05) is 29.9 Å². The van der Waals surface area contributed by atoms with E-state index in [9.17, 15) is 23.3 Å². The zero-order valence-corrected chi connectivity index (χ0v) is 23.2. The maximum atomic E-state index is 13.3. The molecule has 1 heterocycles. The van der Waals surface area contributed by atoms with Crippen molar-refractivity contribution >= 4 is 34.3 Å². The van der Waals surface area contributed by atoms with Gasteiger partial charge in [0, 0.05) is 48.7 Å². The second kappa shape index (κ2) is 12.1. The third-order valence-corrected chi connectivity index (χ3v) is 8.01. The number of nitro benzene ring substituents is 1.